The SMILES string of the molecule is CC(C)(C)C1C[C@H]2CN(C(C)(C)C)C[C@@H]2C1. The molecular weight excluding hydrogens is 194 g/mol. The van der Waals surface area contributed by atoms with Crippen LogP contribution in [0.5, 0.6) is 0 Å². The van der Waals surface area contributed by atoms with Crippen molar-refractivity contribution in [3.8, 4) is 0 Å². The van der Waals surface area contributed by atoms with Gasteiger partial charge >= 0.3 is 0 Å². The molecule has 2 fully saturated rings. The molecule has 0 aromatic carbocycles. The summed E-state index contributed by atoms with van der Waals surface area (Å²) in [5.41, 5.74) is 0.901. The number of hydrogen-bond donors (Lipinski definition) is 0. The lowest BCUT2D eigenvalue weighted by molar-refractivity contribution is 0.144. The quantitative estimate of drug-likeness (QED) is 0.604. The van der Waals surface area contributed by atoms with Crippen molar-refractivity contribution in [3.63, 3.8) is 0 Å². The van der Waals surface area contributed by atoms with Crippen molar-refractivity contribution in [2.45, 2.75) is 59.9 Å². The van der Waals surface area contributed by atoms with E-state index in [9.17, 15) is 0 Å². The summed E-state index contributed by atoms with van der Waals surface area (Å²) in [4.78, 5) is 2.70. The Kier molecular flexibility index (Phi) is 2.89. The average Bonchev–Trinajstić information content (AvgIpc) is 2.53. The second kappa shape index (κ2) is 3.73. The minimum Gasteiger partial charge on any atom is -0.298 e. The third-order valence-electron chi connectivity index (χ3n) is 4.92. The van der Waals surface area contributed by atoms with Crippen molar-refractivity contribution in [3.05, 3.63) is 0 Å². The zero-order valence-corrected chi connectivity index (χ0v) is 12.0. The molecule has 94 valence electrons. The fourth-order valence-corrected chi connectivity index (χ4v) is 3.55. The molecule has 2 rings (SSSR count). The Balaban J connectivity index is 1.96. The van der Waals surface area contributed by atoms with Crippen LogP contribution in [0.15, 0.2) is 0 Å². The maximum absolute atomic E-state index is 2.70. The Morgan fingerprint density at radius 2 is 1.25 bits per heavy atom. The number of hydrogen-bond acceptors (Lipinski definition) is 1. The molecule has 0 amide bonds. The van der Waals surface area contributed by atoms with Gasteiger partial charge in [0.05, 0.1) is 0 Å². The van der Waals surface area contributed by atoms with Gasteiger partial charge < -0.3 is 0 Å². The molecule has 1 heterocycles. The van der Waals surface area contributed by atoms with Gasteiger partial charge in [0.15, 0.2) is 0 Å². The summed E-state index contributed by atoms with van der Waals surface area (Å²) in [5, 5.41) is 0. The van der Waals surface area contributed by atoms with Crippen LogP contribution in [0.2, 0.25) is 0 Å². The maximum atomic E-state index is 2.70. The Bertz CT molecular complexity index is 216. The molecule has 1 nitrogen and oxygen atoms in total. The van der Waals surface area contributed by atoms with Gasteiger partial charge in [-0.25, -0.2) is 0 Å². The molecule has 0 spiro atoms. The third-order valence-corrected chi connectivity index (χ3v) is 4.92. The van der Waals surface area contributed by atoms with Crippen molar-refractivity contribution in [1.82, 2.24) is 4.90 Å². The van der Waals surface area contributed by atoms with Crippen LogP contribution in [0.25, 0.3) is 0 Å². The summed E-state index contributed by atoms with van der Waals surface area (Å²) in [7, 11) is 0. The Morgan fingerprint density at radius 3 is 1.56 bits per heavy atom. The molecule has 0 radical (unpaired) electrons. The van der Waals surface area contributed by atoms with Gasteiger partial charge in [-0.2, -0.15) is 0 Å². The molecule has 0 aromatic heterocycles. The Hall–Kier alpha value is -0.0400. The molecule has 1 aliphatic carbocycles. The highest BCUT2D eigenvalue weighted by molar-refractivity contribution is 4.98. The topological polar surface area (TPSA) is 3.24 Å². The summed E-state index contributed by atoms with van der Waals surface area (Å²) in [6.45, 7) is 17.0. The van der Waals surface area contributed by atoms with E-state index in [1.54, 1.807) is 0 Å². The van der Waals surface area contributed by atoms with E-state index in [0.29, 0.717) is 11.0 Å². The van der Waals surface area contributed by atoms with E-state index in [1.165, 1.54) is 25.9 Å². The first-order valence-corrected chi connectivity index (χ1v) is 6.93. The van der Waals surface area contributed by atoms with Gasteiger partial charge in [-0.3, -0.25) is 4.90 Å². The second-order valence-corrected chi connectivity index (χ2v) is 8.13. The lowest BCUT2D eigenvalue weighted by Crippen LogP contribution is -2.40. The first kappa shape index (κ1) is 12.4. The molecule has 2 aliphatic rings. The molecule has 1 aliphatic heterocycles. The summed E-state index contributed by atoms with van der Waals surface area (Å²) >= 11 is 0. The first-order chi connectivity index (χ1) is 7.18. The fraction of sp³-hybridized carbons (Fsp3) is 1.00. The largest absolute Gasteiger partial charge is 0.298 e. The number of likely N-dealkylation sites (tertiary alicyclic amines) is 1. The van der Waals surface area contributed by atoms with Crippen molar-refractivity contribution in [2.75, 3.05) is 13.1 Å². The van der Waals surface area contributed by atoms with E-state index in [1.807, 2.05) is 0 Å². The van der Waals surface area contributed by atoms with E-state index in [2.05, 4.69) is 46.4 Å². The van der Waals surface area contributed by atoms with Crippen LogP contribution in [-0.2, 0) is 0 Å². The van der Waals surface area contributed by atoms with Crippen LogP contribution in [0.1, 0.15) is 54.4 Å². The van der Waals surface area contributed by atoms with Crippen molar-refractivity contribution < 1.29 is 0 Å². The molecule has 2 atom stereocenters. The Morgan fingerprint density at radius 1 is 0.812 bits per heavy atom. The molecule has 0 bridgehead atoms. The van der Waals surface area contributed by atoms with Crippen LogP contribution in [0.3, 0.4) is 0 Å². The molecule has 0 aromatic rings. The molecule has 16 heavy (non-hydrogen) atoms. The van der Waals surface area contributed by atoms with Crippen molar-refractivity contribution in [1.29, 1.82) is 0 Å². The molecular formula is C15H29N. The molecule has 0 N–H and O–H groups in total. The minimum atomic E-state index is 0.377. The molecule has 0 unspecified atom stereocenters. The molecule has 1 heteroatoms. The number of nitrogens with zero attached hydrogens (tertiary/aromatic N) is 1. The van der Waals surface area contributed by atoms with Crippen LogP contribution < -0.4 is 0 Å². The highest BCUT2D eigenvalue weighted by Gasteiger charge is 2.46. The lowest BCUT2D eigenvalue weighted by atomic mass is 9.79. The van der Waals surface area contributed by atoms with Gasteiger partial charge in [-0.05, 0) is 56.8 Å². The second-order valence-electron chi connectivity index (χ2n) is 8.13. The zero-order valence-electron chi connectivity index (χ0n) is 12.0. The first-order valence-electron chi connectivity index (χ1n) is 6.93. The van der Waals surface area contributed by atoms with Crippen LogP contribution in [0, 0.1) is 23.2 Å². The smallest absolute Gasteiger partial charge is 0.0125 e. The van der Waals surface area contributed by atoms with E-state index < -0.39 is 0 Å². The zero-order chi connectivity index (χ0) is 12.1. The van der Waals surface area contributed by atoms with Crippen molar-refractivity contribution >= 4 is 0 Å². The predicted molar refractivity (Wildman–Crippen MR) is 70.5 cm³/mol. The van der Waals surface area contributed by atoms with Crippen LogP contribution >= 0.6 is 0 Å². The van der Waals surface area contributed by atoms with E-state index in [-0.39, 0.29) is 0 Å². The van der Waals surface area contributed by atoms with Gasteiger partial charge in [0, 0.05) is 18.6 Å². The minimum absolute atomic E-state index is 0.377. The van der Waals surface area contributed by atoms with E-state index in [4.69, 9.17) is 0 Å². The summed E-state index contributed by atoms with van der Waals surface area (Å²) in [6.07, 6.45) is 2.95. The Labute approximate surface area is 102 Å². The summed E-state index contributed by atoms with van der Waals surface area (Å²) in [5.74, 6) is 2.94. The van der Waals surface area contributed by atoms with E-state index >= 15 is 0 Å². The molecule has 1 saturated carbocycles. The van der Waals surface area contributed by atoms with Gasteiger partial charge in [0.1, 0.15) is 0 Å². The monoisotopic (exact) mass is 223 g/mol. The summed E-state index contributed by atoms with van der Waals surface area (Å²) < 4.78 is 0. The van der Waals surface area contributed by atoms with Gasteiger partial charge in [-0.1, -0.05) is 20.8 Å². The number of rotatable bonds is 0. The van der Waals surface area contributed by atoms with Gasteiger partial charge in [0.25, 0.3) is 0 Å². The van der Waals surface area contributed by atoms with Gasteiger partial charge in [-0.15, -0.1) is 0 Å². The standard InChI is InChI=1S/C15H29N/c1-14(2,3)13-7-11-9-16(15(4,5)6)10-12(11)8-13/h11-13H,7-10H2,1-6H3/t11-,12-/m0/s1. The predicted octanol–water partition coefficient (Wildman–Crippen LogP) is 3.79. The van der Waals surface area contributed by atoms with Crippen molar-refractivity contribution in [2.24, 2.45) is 23.2 Å². The van der Waals surface area contributed by atoms with Crippen LogP contribution in [0.4, 0.5) is 0 Å². The highest BCUT2D eigenvalue weighted by Crippen LogP contribution is 2.49. The van der Waals surface area contributed by atoms with Crippen LogP contribution in [-0.4, -0.2) is 23.5 Å². The number of fused-ring (bicyclic) bond motifs is 1. The third kappa shape index (κ3) is 2.30. The van der Waals surface area contributed by atoms with Gasteiger partial charge in [0.2, 0.25) is 0 Å². The summed E-state index contributed by atoms with van der Waals surface area (Å²) in [6, 6.07) is 0. The highest BCUT2D eigenvalue weighted by atomic mass is 15.2. The molecule has 1 saturated heterocycles. The fourth-order valence-electron chi connectivity index (χ4n) is 3.55. The van der Waals surface area contributed by atoms with E-state index in [0.717, 1.165) is 17.8 Å². The average molecular weight is 223 g/mol. The lowest BCUT2D eigenvalue weighted by Gasteiger charge is -2.34. The maximum Gasteiger partial charge on any atom is 0.0125 e. The normalized spacial score (nSPS) is 33.4.